The van der Waals surface area contributed by atoms with Crippen LogP contribution in [-0.4, -0.2) is 34.8 Å². The third-order valence-electron chi connectivity index (χ3n) is 4.75. The van der Waals surface area contributed by atoms with E-state index in [4.69, 9.17) is 9.47 Å². The summed E-state index contributed by atoms with van der Waals surface area (Å²) in [6, 6.07) is 7.74. The zero-order chi connectivity index (χ0) is 22.1. The van der Waals surface area contributed by atoms with E-state index in [2.05, 4.69) is 16.0 Å². The SMILES string of the molecule is Cc1nn(-c2ccc(F)cc2F)c(C)c1C(=O)NNC(=O)c1ccc2c(c1)OCCO2. The largest absolute Gasteiger partial charge is 0.486 e. The first-order valence-electron chi connectivity index (χ1n) is 9.37. The molecule has 10 heteroatoms. The predicted molar refractivity (Wildman–Crippen MR) is 105 cm³/mol. The fraction of sp³-hybridized carbons (Fsp3) is 0.190. The topological polar surface area (TPSA) is 94.5 Å². The molecule has 160 valence electrons. The summed E-state index contributed by atoms with van der Waals surface area (Å²) in [4.78, 5) is 25.1. The highest BCUT2D eigenvalue weighted by atomic mass is 19.1. The van der Waals surface area contributed by atoms with Crippen LogP contribution >= 0.6 is 0 Å². The van der Waals surface area contributed by atoms with E-state index >= 15 is 0 Å². The maximum Gasteiger partial charge on any atom is 0.273 e. The quantitative estimate of drug-likeness (QED) is 0.626. The Labute approximate surface area is 175 Å². The molecule has 0 spiro atoms. The summed E-state index contributed by atoms with van der Waals surface area (Å²) in [5.74, 6) is -1.74. The van der Waals surface area contributed by atoms with E-state index in [-0.39, 0.29) is 16.8 Å². The second-order valence-electron chi connectivity index (χ2n) is 6.82. The van der Waals surface area contributed by atoms with Crippen molar-refractivity contribution in [2.45, 2.75) is 13.8 Å². The van der Waals surface area contributed by atoms with Crippen LogP contribution < -0.4 is 20.3 Å². The van der Waals surface area contributed by atoms with Crippen LogP contribution in [-0.2, 0) is 0 Å². The summed E-state index contributed by atoms with van der Waals surface area (Å²) in [5.41, 5.74) is 5.73. The molecule has 8 nitrogen and oxygen atoms in total. The second-order valence-corrected chi connectivity index (χ2v) is 6.82. The predicted octanol–water partition coefficient (Wildman–Crippen LogP) is 2.61. The first-order chi connectivity index (χ1) is 14.8. The van der Waals surface area contributed by atoms with Gasteiger partial charge >= 0.3 is 0 Å². The van der Waals surface area contributed by atoms with Gasteiger partial charge in [0.15, 0.2) is 17.3 Å². The molecule has 2 amide bonds. The molecule has 0 bridgehead atoms. The number of carbonyl (C=O) groups is 2. The summed E-state index contributed by atoms with van der Waals surface area (Å²) in [6.45, 7) is 3.96. The van der Waals surface area contributed by atoms with Gasteiger partial charge in [0.05, 0.1) is 17.0 Å². The number of halogens is 2. The van der Waals surface area contributed by atoms with Crippen LogP contribution in [0.3, 0.4) is 0 Å². The van der Waals surface area contributed by atoms with Gasteiger partial charge in [-0.3, -0.25) is 20.4 Å². The van der Waals surface area contributed by atoms with E-state index in [9.17, 15) is 18.4 Å². The van der Waals surface area contributed by atoms with E-state index in [1.807, 2.05) is 0 Å². The molecule has 0 fully saturated rings. The summed E-state index contributed by atoms with van der Waals surface area (Å²) in [6.07, 6.45) is 0. The molecule has 0 atom stereocenters. The van der Waals surface area contributed by atoms with Crippen molar-refractivity contribution in [1.29, 1.82) is 0 Å². The number of hydrazine groups is 1. The van der Waals surface area contributed by atoms with Crippen LogP contribution in [0.1, 0.15) is 32.1 Å². The van der Waals surface area contributed by atoms with Gasteiger partial charge in [0.25, 0.3) is 11.8 Å². The molecule has 2 aromatic carbocycles. The van der Waals surface area contributed by atoms with E-state index in [0.717, 1.165) is 12.1 Å². The zero-order valence-electron chi connectivity index (χ0n) is 16.7. The summed E-state index contributed by atoms with van der Waals surface area (Å²) in [5, 5.41) is 4.18. The molecule has 1 aliphatic rings. The van der Waals surface area contributed by atoms with E-state index in [0.29, 0.717) is 36.1 Å². The second kappa shape index (κ2) is 8.05. The lowest BCUT2D eigenvalue weighted by Crippen LogP contribution is -2.42. The van der Waals surface area contributed by atoms with Crippen LogP contribution in [0.4, 0.5) is 8.78 Å². The molecule has 3 aromatic rings. The molecule has 1 aromatic heterocycles. The molecular formula is C21H18F2N4O4. The van der Waals surface area contributed by atoms with Crippen LogP contribution in [0.15, 0.2) is 36.4 Å². The summed E-state index contributed by atoms with van der Waals surface area (Å²) < 4.78 is 39.4. The van der Waals surface area contributed by atoms with Gasteiger partial charge < -0.3 is 9.47 Å². The zero-order valence-corrected chi connectivity index (χ0v) is 16.7. The maximum absolute atomic E-state index is 14.1. The monoisotopic (exact) mass is 428 g/mol. The summed E-state index contributed by atoms with van der Waals surface area (Å²) in [7, 11) is 0. The van der Waals surface area contributed by atoms with E-state index in [1.54, 1.807) is 26.0 Å². The molecule has 0 saturated heterocycles. The number of nitrogens with zero attached hydrogens (tertiary/aromatic N) is 2. The maximum atomic E-state index is 14.1. The molecule has 31 heavy (non-hydrogen) atoms. The average molecular weight is 428 g/mol. The normalized spacial score (nSPS) is 12.4. The number of aryl methyl sites for hydroxylation is 1. The fourth-order valence-corrected chi connectivity index (χ4v) is 3.29. The van der Waals surface area contributed by atoms with Crippen molar-refractivity contribution in [2.75, 3.05) is 13.2 Å². The van der Waals surface area contributed by atoms with Crippen molar-refractivity contribution < 1.29 is 27.8 Å². The first kappa shape index (κ1) is 20.3. The molecule has 2 heterocycles. The third-order valence-corrected chi connectivity index (χ3v) is 4.75. The molecular weight excluding hydrogens is 410 g/mol. The van der Waals surface area contributed by atoms with Crippen LogP contribution in [0, 0.1) is 25.5 Å². The molecule has 1 aliphatic heterocycles. The van der Waals surface area contributed by atoms with Crippen LogP contribution in [0.2, 0.25) is 0 Å². The number of fused-ring (bicyclic) bond motifs is 1. The highest BCUT2D eigenvalue weighted by Gasteiger charge is 2.22. The van der Waals surface area contributed by atoms with Crippen molar-refractivity contribution in [1.82, 2.24) is 20.6 Å². The van der Waals surface area contributed by atoms with Gasteiger partial charge in [-0.1, -0.05) is 0 Å². The Morgan fingerprint density at radius 3 is 2.42 bits per heavy atom. The molecule has 0 unspecified atom stereocenters. The Balaban J connectivity index is 1.50. The Kier molecular flexibility index (Phi) is 5.28. The Bertz CT molecular complexity index is 1190. The molecule has 0 saturated carbocycles. The highest BCUT2D eigenvalue weighted by molar-refractivity contribution is 6.00. The number of aromatic nitrogens is 2. The van der Waals surface area contributed by atoms with Crippen molar-refractivity contribution in [3.63, 3.8) is 0 Å². The lowest BCUT2D eigenvalue weighted by Gasteiger charge is -2.18. The third kappa shape index (κ3) is 3.91. The number of carbonyl (C=O) groups excluding carboxylic acids is 2. The lowest BCUT2D eigenvalue weighted by molar-refractivity contribution is 0.0845. The minimum Gasteiger partial charge on any atom is -0.486 e. The van der Waals surface area contributed by atoms with Crippen molar-refractivity contribution >= 4 is 11.8 Å². The fourth-order valence-electron chi connectivity index (χ4n) is 3.29. The number of nitrogens with one attached hydrogen (secondary N) is 2. The average Bonchev–Trinajstić information content (AvgIpc) is 3.05. The number of rotatable bonds is 3. The van der Waals surface area contributed by atoms with Gasteiger partial charge in [-0.25, -0.2) is 13.5 Å². The highest BCUT2D eigenvalue weighted by Crippen LogP contribution is 2.30. The minimum absolute atomic E-state index is 0.00126. The minimum atomic E-state index is -0.815. The first-order valence-corrected chi connectivity index (χ1v) is 9.37. The van der Waals surface area contributed by atoms with Crippen molar-refractivity contribution in [2.24, 2.45) is 0 Å². The number of hydrogen-bond donors (Lipinski definition) is 2. The van der Waals surface area contributed by atoms with Gasteiger partial charge in [0.2, 0.25) is 0 Å². The Hall–Kier alpha value is -3.95. The lowest BCUT2D eigenvalue weighted by atomic mass is 10.2. The van der Waals surface area contributed by atoms with Gasteiger partial charge in [0, 0.05) is 11.6 Å². The number of ether oxygens (including phenoxy) is 2. The number of amides is 2. The van der Waals surface area contributed by atoms with E-state index in [1.165, 1.54) is 16.8 Å². The molecule has 0 radical (unpaired) electrons. The van der Waals surface area contributed by atoms with Gasteiger partial charge in [-0.05, 0) is 44.2 Å². The number of hydrogen-bond acceptors (Lipinski definition) is 5. The molecule has 2 N–H and O–H groups in total. The Morgan fingerprint density at radius 1 is 0.968 bits per heavy atom. The standard InChI is InChI=1S/C21H18F2N4O4/c1-11-19(12(2)27(26-11)16-5-4-14(22)10-15(16)23)21(29)25-24-20(28)13-3-6-17-18(9-13)31-8-7-30-17/h3-6,9-10H,7-8H2,1-2H3,(H,24,28)(H,25,29). The Morgan fingerprint density at radius 2 is 1.68 bits per heavy atom. The van der Waals surface area contributed by atoms with Crippen LogP contribution in [0.25, 0.3) is 5.69 Å². The molecule has 4 rings (SSSR count). The molecule has 0 aliphatic carbocycles. The van der Waals surface area contributed by atoms with E-state index < -0.39 is 23.4 Å². The van der Waals surface area contributed by atoms with Gasteiger partial charge in [-0.2, -0.15) is 5.10 Å². The summed E-state index contributed by atoms with van der Waals surface area (Å²) >= 11 is 0. The smallest absolute Gasteiger partial charge is 0.273 e. The van der Waals surface area contributed by atoms with Gasteiger partial charge in [0.1, 0.15) is 24.7 Å². The van der Waals surface area contributed by atoms with Crippen molar-refractivity contribution in [3.05, 3.63) is 70.5 Å². The van der Waals surface area contributed by atoms with Crippen molar-refractivity contribution in [3.8, 4) is 17.2 Å². The van der Waals surface area contributed by atoms with Crippen LogP contribution in [0.5, 0.6) is 11.5 Å². The van der Waals surface area contributed by atoms with Gasteiger partial charge in [-0.15, -0.1) is 0 Å². The number of benzene rings is 2.